The molecule has 0 atom stereocenters. The van der Waals surface area contributed by atoms with Gasteiger partial charge in [-0.15, -0.1) is 0 Å². The molecule has 2 rings (SSSR count). The van der Waals surface area contributed by atoms with Gasteiger partial charge < -0.3 is 4.57 Å². The highest BCUT2D eigenvalue weighted by Gasteiger charge is 2.36. The second-order valence-corrected chi connectivity index (χ2v) is 9.28. The Labute approximate surface area is 88.6 Å². The maximum absolute atomic E-state index is 2.77. The van der Waals surface area contributed by atoms with Crippen LogP contribution in [0, 0.1) is 0 Å². The fourth-order valence-electron chi connectivity index (χ4n) is 2.80. The fourth-order valence-corrected chi connectivity index (χ4v) is 6.26. The zero-order chi connectivity index (χ0) is 10.2. The minimum absolute atomic E-state index is 1.17. The summed E-state index contributed by atoms with van der Waals surface area (Å²) >= 11 is 0. The molecule has 0 aromatic heterocycles. The summed E-state index contributed by atoms with van der Waals surface area (Å²) in [5.41, 5.74) is 1.55. The van der Waals surface area contributed by atoms with Gasteiger partial charge in [0.05, 0.1) is 0 Å². The second-order valence-electron chi connectivity index (χ2n) is 4.99. The Hall–Kier alpha value is -0.343. The second kappa shape index (κ2) is 3.67. The van der Waals surface area contributed by atoms with Crippen molar-refractivity contribution in [1.82, 2.24) is 4.57 Å². The molecule has 0 bridgehead atoms. The van der Waals surface area contributed by atoms with E-state index in [1.54, 1.807) is 10.8 Å². The lowest BCUT2D eigenvalue weighted by molar-refractivity contribution is 0.526. The van der Waals surface area contributed by atoms with Gasteiger partial charge in [-0.2, -0.15) is 0 Å². The Morgan fingerprint density at radius 1 is 1.14 bits per heavy atom. The lowest BCUT2D eigenvalue weighted by Gasteiger charge is -2.35. The molecule has 78 valence electrons. The van der Waals surface area contributed by atoms with E-state index in [0.717, 1.165) is 0 Å². The number of allylic oxidation sites excluding steroid dienone is 4. The van der Waals surface area contributed by atoms with E-state index in [4.69, 9.17) is 0 Å². The van der Waals surface area contributed by atoms with Gasteiger partial charge in [-0.1, -0.05) is 30.8 Å². The van der Waals surface area contributed by atoms with Crippen LogP contribution < -0.4 is 0 Å². The first-order valence-corrected chi connectivity index (χ1v) is 8.70. The van der Waals surface area contributed by atoms with Gasteiger partial charge in [-0.3, -0.25) is 0 Å². The van der Waals surface area contributed by atoms with Crippen LogP contribution in [-0.2, 0) is 0 Å². The third kappa shape index (κ3) is 1.61. The topological polar surface area (TPSA) is 3.24 Å². The summed E-state index contributed by atoms with van der Waals surface area (Å²) in [5.74, 6) is 0. The van der Waals surface area contributed by atoms with Crippen molar-refractivity contribution in [2.75, 3.05) is 13.1 Å². The molecule has 0 amide bonds. The molecule has 1 aliphatic heterocycles. The molecule has 1 heterocycles. The van der Waals surface area contributed by atoms with Crippen molar-refractivity contribution < 1.29 is 0 Å². The Bertz CT molecular complexity index is 283. The van der Waals surface area contributed by atoms with E-state index in [0.29, 0.717) is 0 Å². The van der Waals surface area contributed by atoms with Gasteiger partial charge in [-0.05, 0) is 44.5 Å². The molecule has 1 fully saturated rings. The minimum Gasteiger partial charge on any atom is -0.320 e. The maximum Gasteiger partial charge on any atom is 0.154 e. The standard InChI is InChI=1S/C12H21NSi/c1-11-7-6-8-12(11)14(2,3)13-9-4-5-10-13/h7-8H,4-6,9-10H2,1-3H3. The van der Waals surface area contributed by atoms with Gasteiger partial charge in [-0.25, -0.2) is 0 Å². The summed E-state index contributed by atoms with van der Waals surface area (Å²) in [7, 11) is -1.27. The molecule has 0 saturated carbocycles. The third-order valence-corrected chi connectivity index (χ3v) is 7.67. The van der Waals surface area contributed by atoms with Gasteiger partial charge >= 0.3 is 0 Å². The molecule has 0 aromatic rings. The number of nitrogens with zero attached hydrogens (tertiary/aromatic N) is 1. The highest BCUT2D eigenvalue weighted by atomic mass is 28.3. The molecule has 0 N–H and O–H groups in total. The third-order valence-electron chi connectivity index (χ3n) is 3.73. The van der Waals surface area contributed by atoms with E-state index in [1.165, 1.54) is 32.4 Å². The van der Waals surface area contributed by atoms with Gasteiger partial charge in [0.15, 0.2) is 8.24 Å². The predicted molar refractivity (Wildman–Crippen MR) is 64.7 cm³/mol. The van der Waals surface area contributed by atoms with Crippen molar-refractivity contribution in [3.05, 3.63) is 22.9 Å². The van der Waals surface area contributed by atoms with Crippen LogP contribution >= 0.6 is 0 Å². The van der Waals surface area contributed by atoms with Crippen LogP contribution in [0.2, 0.25) is 13.1 Å². The SMILES string of the molecule is CC1=CCC=C1[Si](C)(C)N1CCCC1. The Balaban J connectivity index is 2.18. The molecular weight excluding hydrogens is 186 g/mol. The van der Waals surface area contributed by atoms with Crippen molar-refractivity contribution >= 4 is 8.24 Å². The summed E-state index contributed by atoms with van der Waals surface area (Å²) in [5, 5.41) is 1.69. The van der Waals surface area contributed by atoms with Crippen LogP contribution in [0.15, 0.2) is 22.9 Å². The first-order chi connectivity index (χ1) is 6.62. The highest BCUT2D eigenvalue weighted by Crippen LogP contribution is 2.32. The van der Waals surface area contributed by atoms with Crippen LogP contribution in [0.1, 0.15) is 26.2 Å². The van der Waals surface area contributed by atoms with E-state index in [2.05, 4.69) is 36.7 Å². The van der Waals surface area contributed by atoms with Crippen LogP contribution in [0.25, 0.3) is 0 Å². The van der Waals surface area contributed by atoms with Gasteiger partial charge in [0.25, 0.3) is 0 Å². The lowest BCUT2D eigenvalue weighted by atomic mass is 10.3. The van der Waals surface area contributed by atoms with Crippen LogP contribution in [0.5, 0.6) is 0 Å². The van der Waals surface area contributed by atoms with E-state index >= 15 is 0 Å². The highest BCUT2D eigenvalue weighted by molar-refractivity contribution is 6.82. The molecule has 0 spiro atoms. The zero-order valence-electron chi connectivity index (χ0n) is 9.64. The van der Waals surface area contributed by atoms with E-state index in [-0.39, 0.29) is 0 Å². The Kier molecular flexibility index (Phi) is 2.67. The first-order valence-electron chi connectivity index (χ1n) is 5.75. The summed E-state index contributed by atoms with van der Waals surface area (Å²) < 4.78 is 2.77. The smallest absolute Gasteiger partial charge is 0.154 e. The summed E-state index contributed by atoms with van der Waals surface area (Å²) in [6.45, 7) is 9.97. The van der Waals surface area contributed by atoms with Crippen LogP contribution in [0.4, 0.5) is 0 Å². The lowest BCUT2D eigenvalue weighted by Crippen LogP contribution is -2.48. The van der Waals surface area contributed by atoms with E-state index in [1.807, 2.05) is 0 Å². The van der Waals surface area contributed by atoms with Gasteiger partial charge in [0.2, 0.25) is 0 Å². The normalized spacial score (nSPS) is 23.9. The average Bonchev–Trinajstić information content (AvgIpc) is 2.72. The molecule has 0 radical (unpaired) electrons. The molecule has 1 saturated heterocycles. The Morgan fingerprint density at radius 3 is 2.29 bits per heavy atom. The van der Waals surface area contributed by atoms with Crippen molar-refractivity contribution in [3.63, 3.8) is 0 Å². The molecule has 1 aliphatic carbocycles. The molecule has 2 aliphatic rings. The Morgan fingerprint density at radius 2 is 1.79 bits per heavy atom. The quantitative estimate of drug-likeness (QED) is 0.629. The van der Waals surface area contributed by atoms with Crippen LogP contribution in [0.3, 0.4) is 0 Å². The van der Waals surface area contributed by atoms with Gasteiger partial charge in [0, 0.05) is 0 Å². The molecule has 0 unspecified atom stereocenters. The first kappa shape index (κ1) is 10.2. The van der Waals surface area contributed by atoms with Crippen molar-refractivity contribution in [2.24, 2.45) is 0 Å². The predicted octanol–water partition coefficient (Wildman–Crippen LogP) is 3.10. The zero-order valence-corrected chi connectivity index (χ0v) is 10.6. The maximum atomic E-state index is 2.77. The molecular formula is C12H21NSi. The molecule has 1 nitrogen and oxygen atoms in total. The number of rotatable bonds is 2. The average molecular weight is 207 g/mol. The molecule has 14 heavy (non-hydrogen) atoms. The van der Waals surface area contributed by atoms with Crippen LogP contribution in [-0.4, -0.2) is 25.9 Å². The van der Waals surface area contributed by atoms with Gasteiger partial charge in [0.1, 0.15) is 0 Å². The monoisotopic (exact) mass is 207 g/mol. The van der Waals surface area contributed by atoms with Crippen molar-refractivity contribution in [2.45, 2.75) is 39.3 Å². The molecule has 0 aromatic carbocycles. The summed E-state index contributed by atoms with van der Waals surface area (Å²) in [4.78, 5) is 0. The number of hydrogen-bond acceptors (Lipinski definition) is 1. The van der Waals surface area contributed by atoms with E-state index < -0.39 is 8.24 Å². The minimum atomic E-state index is -1.27. The largest absolute Gasteiger partial charge is 0.320 e. The van der Waals surface area contributed by atoms with E-state index in [9.17, 15) is 0 Å². The molecule has 2 heteroatoms. The van der Waals surface area contributed by atoms with Crippen molar-refractivity contribution in [3.8, 4) is 0 Å². The number of hydrogen-bond donors (Lipinski definition) is 0. The fraction of sp³-hybridized carbons (Fsp3) is 0.667. The summed E-state index contributed by atoms with van der Waals surface area (Å²) in [6, 6.07) is 0. The van der Waals surface area contributed by atoms with Crippen molar-refractivity contribution in [1.29, 1.82) is 0 Å². The summed E-state index contributed by atoms with van der Waals surface area (Å²) in [6.07, 6.45) is 8.82.